The second-order valence-corrected chi connectivity index (χ2v) is 7.60. The first kappa shape index (κ1) is 19.1. The van der Waals surface area contributed by atoms with E-state index in [1.807, 2.05) is 41.8 Å². The minimum Gasteiger partial charge on any atom is -0.496 e. The van der Waals surface area contributed by atoms with E-state index in [9.17, 15) is 9.18 Å². The Kier molecular flexibility index (Phi) is 5.31. The molecule has 0 aliphatic heterocycles. The Hall–Kier alpha value is -3.19. The fraction of sp³-hybridized carbons (Fsp3) is 0.182. The van der Waals surface area contributed by atoms with E-state index in [4.69, 9.17) is 4.74 Å². The molecule has 2 aromatic carbocycles. The molecule has 0 saturated heterocycles. The maximum absolute atomic E-state index is 13.1. The summed E-state index contributed by atoms with van der Waals surface area (Å²) in [6.07, 6.45) is 2.56. The van der Waals surface area contributed by atoms with E-state index < -0.39 is 0 Å². The van der Waals surface area contributed by atoms with E-state index in [0.717, 1.165) is 33.2 Å². The number of para-hydroxylation sites is 1. The monoisotopic (exact) mass is 409 g/mol. The van der Waals surface area contributed by atoms with Gasteiger partial charge in [0.05, 0.1) is 12.8 Å². The zero-order valence-electron chi connectivity index (χ0n) is 16.1. The van der Waals surface area contributed by atoms with Crippen molar-refractivity contribution in [1.29, 1.82) is 0 Å². The van der Waals surface area contributed by atoms with Gasteiger partial charge in [-0.1, -0.05) is 29.5 Å². The lowest BCUT2D eigenvalue weighted by atomic mass is 10.1. The second-order valence-electron chi connectivity index (χ2n) is 6.62. The molecule has 0 bridgehead atoms. The van der Waals surface area contributed by atoms with Crippen molar-refractivity contribution in [3.05, 3.63) is 76.7 Å². The van der Waals surface area contributed by atoms with Gasteiger partial charge in [0.25, 0.3) is 5.91 Å². The van der Waals surface area contributed by atoms with Crippen LogP contribution in [0.5, 0.6) is 5.75 Å². The molecule has 0 aliphatic rings. The summed E-state index contributed by atoms with van der Waals surface area (Å²) in [6, 6.07) is 14.0. The van der Waals surface area contributed by atoms with E-state index in [1.54, 1.807) is 19.2 Å². The molecule has 0 radical (unpaired) electrons. The number of fused-ring (bicyclic) bond motifs is 1. The summed E-state index contributed by atoms with van der Waals surface area (Å²) in [5, 5.41) is 2.98. The molecule has 0 fully saturated rings. The van der Waals surface area contributed by atoms with Crippen LogP contribution in [0.3, 0.4) is 0 Å². The zero-order valence-corrected chi connectivity index (χ0v) is 16.9. The molecular weight excluding hydrogens is 389 g/mol. The van der Waals surface area contributed by atoms with Crippen molar-refractivity contribution >= 4 is 22.2 Å². The summed E-state index contributed by atoms with van der Waals surface area (Å²) in [7, 11) is 1.64. The molecule has 5 nitrogen and oxygen atoms in total. The van der Waals surface area contributed by atoms with Gasteiger partial charge in [-0.15, -0.1) is 0 Å². The molecular formula is C22H20FN3O2S. The van der Waals surface area contributed by atoms with Crippen LogP contribution in [0.2, 0.25) is 0 Å². The molecule has 0 atom stereocenters. The molecule has 29 heavy (non-hydrogen) atoms. The molecule has 0 unspecified atom stereocenters. The van der Waals surface area contributed by atoms with Crippen molar-refractivity contribution in [3.8, 4) is 17.0 Å². The number of thiazole rings is 1. The maximum Gasteiger partial charge on any atom is 0.263 e. The highest BCUT2D eigenvalue weighted by Gasteiger charge is 2.18. The van der Waals surface area contributed by atoms with E-state index in [2.05, 4.69) is 10.3 Å². The highest BCUT2D eigenvalue weighted by molar-refractivity contribution is 7.19. The number of benzene rings is 2. The largest absolute Gasteiger partial charge is 0.496 e. The molecule has 0 aliphatic carbocycles. The standard InChI is InChI=1S/C22H20FN3O2S/c1-14-20(21(27)24-12-11-16-5-3-4-6-19(16)28-2)29-22-25-18(13-26(14)22)15-7-9-17(23)10-8-15/h3-10,13H,11-12H2,1-2H3,(H,24,27). The predicted molar refractivity (Wildman–Crippen MR) is 112 cm³/mol. The molecule has 2 aromatic heterocycles. The first-order chi connectivity index (χ1) is 14.1. The molecule has 4 rings (SSSR count). The number of rotatable bonds is 6. The summed E-state index contributed by atoms with van der Waals surface area (Å²) in [5.41, 5.74) is 3.48. The molecule has 0 spiro atoms. The van der Waals surface area contributed by atoms with Gasteiger partial charge in [-0.05, 0) is 49.2 Å². The molecule has 7 heteroatoms. The Morgan fingerprint density at radius 2 is 1.97 bits per heavy atom. The third-order valence-electron chi connectivity index (χ3n) is 4.78. The average molecular weight is 409 g/mol. The van der Waals surface area contributed by atoms with Gasteiger partial charge in [0.1, 0.15) is 16.4 Å². The lowest BCUT2D eigenvalue weighted by molar-refractivity contribution is 0.0957. The van der Waals surface area contributed by atoms with Crippen LogP contribution in [-0.2, 0) is 6.42 Å². The molecule has 2 heterocycles. The maximum atomic E-state index is 13.1. The summed E-state index contributed by atoms with van der Waals surface area (Å²) >= 11 is 1.35. The number of nitrogens with one attached hydrogen (secondary N) is 1. The van der Waals surface area contributed by atoms with Gasteiger partial charge >= 0.3 is 0 Å². The highest BCUT2D eigenvalue weighted by atomic mass is 32.1. The minimum atomic E-state index is -0.280. The van der Waals surface area contributed by atoms with Crippen molar-refractivity contribution in [3.63, 3.8) is 0 Å². The van der Waals surface area contributed by atoms with Gasteiger partial charge in [-0.2, -0.15) is 0 Å². The van der Waals surface area contributed by atoms with Crippen LogP contribution in [0, 0.1) is 12.7 Å². The summed E-state index contributed by atoms with van der Waals surface area (Å²) < 4.78 is 20.4. The minimum absolute atomic E-state index is 0.115. The van der Waals surface area contributed by atoms with Gasteiger partial charge in [-0.3, -0.25) is 9.20 Å². The second kappa shape index (κ2) is 8.05. The zero-order chi connectivity index (χ0) is 20.4. The number of carbonyl (C=O) groups is 1. The van der Waals surface area contributed by atoms with Crippen molar-refractivity contribution in [1.82, 2.24) is 14.7 Å². The number of nitrogens with zero attached hydrogens (tertiary/aromatic N) is 2. The number of carbonyl (C=O) groups excluding carboxylic acids is 1. The Bertz CT molecular complexity index is 1160. The van der Waals surface area contributed by atoms with Crippen LogP contribution in [0.1, 0.15) is 20.9 Å². The number of hydrogen-bond acceptors (Lipinski definition) is 4. The Balaban J connectivity index is 1.47. The molecule has 148 valence electrons. The molecule has 0 saturated carbocycles. The van der Waals surface area contributed by atoms with Gasteiger partial charge < -0.3 is 10.1 Å². The van der Waals surface area contributed by atoms with Gasteiger partial charge in [0, 0.05) is 24.0 Å². The van der Waals surface area contributed by atoms with Gasteiger partial charge in [0.2, 0.25) is 0 Å². The first-order valence-electron chi connectivity index (χ1n) is 9.21. The van der Waals surface area contributed by atoms with Crippen LogP contribution in [0.4, 0.5) is 4.39 Å². The number of aromatic nitrogens is 2. The van der Waals surface area contributed by atoms with E-state index in [1.165, 1.54) is 23.5 Å². The topological polar surface area (TPSA) is 55.6 Å². The van der Waals surface area contributed by atoms with Crippen LogP contribution in [-0.4, -0.2) is 28.9 Å². The van der Waals surface area contributed by atoms with Crippen LogP contribution in [0.25, 0.3) is 16.2 Å². The summed E-state index contributed by atoms with van der Waals surface area (Å²) in [4.78, 5) is 18.6. The molecule has 1 N–H and O–H groups in total. The smallest absolute Gasteiger partial charge is 0.263 e. The Labute approximate surface area is 171 Å². The Morgan fingerprint density at radius 1 is 1.21 bits per heavy atom. The first-order valence-corrected chi connectivity index (χ1v) is 10.0. The average Bonchev–Trinajstić information content (AvgIpc) is 3.28. The molecule has 1 amide bonds. The van der Waals surface area contributed by atoms with E-state index >= 15 is 0 Å². The number of imidazole rings is 1. The van der Waals surface area contributed by atoms with E-state index in [-0.39, 0.29) is 11.7 Å². The number of methoxy groups -OCH3 is 1. The summed E-state index contributed by atoms with van der Waals surface area (Å²) in [5.74, 6) is 0.426. The third kappa shape index (κ3) is 3.86. The predicted octanol–water partition coefficient (Wildman–Crippen LogP) is 4.49. The quantitative estimate of drug-likeness (QED) is 0.510. The van der Waals surface area contributed by atoms with Crippen molar-refractivity contribution in [2.24, 2.45) is 0 Å². The van der Waals surface area contributed by atoms with Crippen molar-refractivity contribution in [2.45, 2.75) is 13.3 Å². The number of hydrogen-bond donors (Lipinski definition) is 1. The van der Waals surface area contributed by atoms with Crippen LogP contribution < -0.4 is 10.1 Å². The van der Waals surface area contributed by atoms with Crippen LogP contribution in [0.15, 0.2) is 54.7 Å². The number of aryl methyl sites for hydroxylation is 1. The van der Waals surface area contributed by atoms with Crippen LogP contribution >= 0.6 is 11.3 Å². The SMILES string of the molecule is COc1ccccc1CCNC(=O)c1sc2nc(-c3ccc(F)cc3)cn2c1C. The Morgan fingerprint density at radius 3 is 2.69 bits per heavy atom. The normalized spacial score (nSPS) is 11.0. The lowest BCUT2D eigenvalue weighted by Gasteiger charge is -2.08. The number of ether oxygens (including phenoxy) is 1. The summed E-state index contributed by atoms with van der Waals surface area (Å²) in [6.45, 7) is 2.41. The fourth-order valence-electron chi connectivity index (χ4n) is 3.22. The lowest BCUT2D eigenvalue weighted by Crippen LogP contribution is -2.25. The number of amides is 1. The van der Waals surface area contributed by atoms with Crippen molar-refractivity contribution < 1.29 is 13.9 Å². The van der Waals surface area contributed by atoms with Gasteiger partial charge in [-0.25, -0.2) is 9.37 Å². The fourth-order valence-corrected chi connectivity index (χ4v) is 4.25. The highest BCUT2D eigenvalue weighted by Crippen LogP contribution is 2.27. The van der Waals surface area contributed by atoms with E-state index in [0.29, 0.717) is 17.8 Å². The number of halogens is 1. The third-order valence-corrected chi connectivity index (χ3v) is 5.93. The van der Waals surface area contributed by atoms with Crippen molar-refractivity contribution in [2.75, 3.05) is 13.7 Å². The molecule has 4 aromatic rings. The van der Waals surface area contributed by atoms with Gasteiger partial charge in [0.15, 0.2) is 4.96 Å².